The lowest BCUT2D eigenvalue weighted by atomic mass is 10.5. The van der Waals surface area contributed by atoms with Crippen molar-refractivity contribution in [2.24, 2.45) is 0 Å². The number of likely N-dealkylation sites (N-methyl/N-ethyl adjacent to an activating group) is 1. The second kappa shape index (κ2) is 14.8. The van der Waals surface area contributed by atoms with E-state index in [2.05, 4.69) is 26.5 Å². The van der Waals surface area contributed by atoms with Crippen LogP contribution in [0, 0.1) is 0 Å². The van der Waals surface area contributed by atoms with Gasteiger partial charge in [0.25, 0.3) is 0 Å². The van der Waals surface area contributed by atoms with E-state index in [1.54, 1.807) is 7.11 Å². The van der Waals surface area contributed by atoms with Gasteiger partial charge in [-0.2, -0.15) is 0 Å². The van der Waals surface area contributed by atoms with Gasteiger partial charge in [0.15, 0.2) is 0 Å². The number of carbonyl (C=O) groups excluding carboxylic acids is 1. The summed E-state index contributed by atoms with van der Waals surface area (Å²) < 4.78 is 21.1. The summed E-state index contributed by atoms with van der Waals surface area (Å²) in [7, 11) is 7.82. The van der Waals surface area contributed by atoms with Crippen LogP contribution in [0.15, 0.2) is 0 Å². The van der Waals surface area contributed by atoms with Gasteiger partial charge in [-0.25, -0.2) is 4.79 Å². The number of quaternary nitrogens is 1. The maximum absolute atomic E-state index is 11.3. The molecule has 0 aliphatic carbocycles. The Morgan fingerprint density at radius 2 is 1.48 bits per heavy atom. The average Bonchev–Trinajstić information content (AvgIpc) is 2.35. The molecule has 0 heterocycles. The lowest BCUT2D eigenvalue weighted by molar-refractivity contribution is -0.869. The molecule has 0 rings (SSSR count). The molecule has 1 N–H and O–H groups in total. The first-order chi connectivity index (χ1) is 9.45. The molecular weight excluding hydrogens is 391 g/mol. The fourth-order valence-corrected chi connectivity index (χ4v) is 1.20. The number of rotatable bonds is 12. The minimum Gasteiger partial charge on any atom is -1.00 e. The molecule has 21 heavy (non-hydrogen) atoms. The number of ether oxygens (including phenoxy) is 4. The number of amides is 1. The quantitative estimate of drug-likeness (QED) is 0.209. The Hall–Kier alpha value is -0.160. The third-order valence-corrected chi connectivity index (χ3v) is 2.32. The molecule has 0 aliphatic heterocycles. The highest BCUT2D eigenvalue weighted by atomic mass is 127. The van der Waals surface area contributed by atoms with Crippen LogP contribution in [0.25, 0.3) is 0 Å². The van der Waals surface area contributed by atoms with E-state index in [0.717, 1.165) is 11.0 Å². The lowest BCUT2D eigenvalue weighted by Crippen LogP contribution is -3.00. The second-order valence-electron chi connectivity index (χ2n) is 5.29. The fraction of sp³-hybridized carbons (Fsp3) is 0.923. The molecule has 0 bridgehead atoms. The first-order valence-corrected chi connectivity index (χ1v) is 6.81. The fourth-order valence-electron chi connectivity index (χ4n) is 1.20. The van der Waals surface area contributed by atoms with E-state index in [1.165, 1.54) is 0 Å². The van der Waals surface area contributed by atoms with Crippen molar-refractivity contribution >= 4 is 6.09 Å². The van der Waals surface area contributed by atoms with Crippen molar-refractivity contribution in [3.63, 3.8) is 0 Å². The molecule has 128 valence electrons. The maximum atomic E-state index is 11.3. The van der Waals surface area contributed by atoms with E-state index in [9.17, 15) is 4.79 Å². The Bertz CT molecular complexity index is 249. The van der Waals surface area contributed by atoms with Crippen molar-refractivity contribution < 1.29 is 52.2 Å². The summed E-state index contributed by atoms with van der Waals surface area (Å²) in [4.78, 5) is 11.3. The maximum Gasteiger partial charge on any atom is 0.407 e. The third kappa shape index (κ3) is 19.8. The number of nitrogens with zero attached hydrogens (tertiary/aromatic N) is 1. The first-order valence-electron chi connectivity index (χ1n) is 6.81. The largest absolute Gasteiger partial charge is 1.00 e. The highest BCUT2D eigenvalue weighted by Gasteiger charge is 2.08. The van der Waals surface area contributed by atoms with E-state index in [0.29, 0.717) is 39.6 Å². The van der Waals surface area contributed by atoms with E-state index in [1.807, 2.05) is 0 Å². The Labute approximate surface area is 144 Å². The van der Waals surface area contributed by atoms with Gasteiger partial charge in [-0.1, -0.05) is 0 Å². The molecule has 0 saturated carbocycles. The summed E-state index contributed by atoms with van der Waals surface area (Å²) >= 11 is 0. The van der Waals surface area contributed by atoms with Gasteiger partial charge in [-0.3, -0.25) is 0 Å². The van der Waals surface area contributed by atoms with Crippen LogP contribution in [-0.2, 0) is 18.9 Å². The lowest BCUT2D eigenvalue weighted by Gasteiger charge is -2.23. The third-order valence-electron chi connectivity index (χ3n) is 2.32. The van der Waals surface area contributed by atoms with E-state index < -0.39 is 6.09 Å². The Morgan fingerprint density at radius 1 is 0.952 bits per heavy atom. The Morgan fingerprint density at radius 3 is 2.00 bits per heavy atom. The molecular formula is C13H29IN2O5. The van der Waals surface area contributed by atoms with Crippen molar-refractivity contribution in [1.29, 1.82) is 0 Å². The molecule has 7 nitrogen and oxygen atoms in total. The summed E-state index contributed by atoms with van der Waals surface area (Å²) in [5.74, 6) is 0. The van der Waals surface area contributed by atoms with Crippen molar-refractivity contribution in [3.8, 4) is 0 Å². The number of halogens is 1. The Balaban J connectivity index is 0. The molecule has 0 spiro atoms. The zero-order valence-corrected chi connectivity index (χ0v) is 15.7. The predicted octanol–water partition coefficient (Wildman–Crippen LogP) is -2.90. The topological polar surface area (TPSA) is 66.0 Å². The highest BCUT2D eigenvalue weighted by Crippen LogP contribution is 1.87. The summed E-state index contributed by atoms with van der Waals surface area (Å²) in [6.07, 6.45) is -0.404. The number of carbonyl (C=O) groups is 1. The molecule has 0 aromatic rings. The minimum atomic E-state index is -0.404. The predicted molar refractivity (Wildman–Crippen MR) is 75.8 cm³/mol. The van der Waals surface area contributed by atoms with Gasteiger partial charge < -0.3 is 52.7 Å². The van der Waals surface area contributed by atoms with E-state index >= 15 is 0 Å². The van der Waals surface area contributed by atoms with Crippen LogP contribution in [-0.4, -0.2) is 91.6 Å². The second-order valence-corrected chi connectivity index (χ2v) is 5.29. The van der Waals surface area contributed by atoms with Gasteiger partial charge in [-0.15, -0.1) is 0 Å². The first kappa shape index (κ1) is 23.1. The molecule has 0 unspecified atom stereocenters. The van der Waals surface area contributed by atoms with Gasteiger partial charge in [0.1, 0.15) is 6.61 Å². The number of alkyl carbamates (subject to hydrolysis) is 1. The number of nitrogens with one attached hydrogen (secondary N) is 1. The van der Waals surface area contributed by atoms with Crippen molar-refractivity contribution in [2.45, 2.75) is 0 Å². The summed E-state index contributed by atoms with van der Waals surface area (Å²) in [5, 5.41) is 2.69. The summed E-state index contributed by atoms with van der Waals surface area (Å²) in [5.41, 5.74) is 0. The molecule has 0 aromatic heterocycles. The molecule has 0 fully saturated rings. The number of hydrogen-bond donors (Lipinski definition) is 1. The standard InChI is InChI=1S/C13H28N2O5.HI/c1-15(2,3)6-5-14-13(16)20-12-11-19-10-9-18-8-7-17-4;/h5-12H2,1-4H3;1H. The van der Waals surface area contributed by atoms with Gasteiger partial charge in [0.05, 0.1) is 67.3 Å². The number of methoxy groups -OCH3 is 1. The molecule has 0 radical (unpaired) electrons. The van der Waals surface area contributed by atoms with Crippen LogP contribution in [0.2, 0.25) is 0 Å². The molecule has 0 aromatic carbocycles. The highest BCUT2D eigenvalue weighted by molar-refractivity contribution is 5.66. The van der Waals surface area contributed by atoms with Gasteiger partial charge in [-0.05, 0) is 0 Å². The average molecular weight is 420 g/mol. The zero-order valence-electron chi connectivity index (χ0n) is 13.5. The normalized spacial score (nSPS) is 10.9. The van der Waals surface area contributed by atoms with E-state index in [4.69, 9.17) is 18.9 Å². The van der Waals surface area contributed by atoms with Gasteiger partial charge in [0.2, 0.25) is 0 Å². The van der Waals surface area contributed by atoms with Crippen LogP contribution in [0.5, 0.6) is 0 Å². The zero-order chi connectivity index (χ0) is 15.3. The monoisotopic (exact) mass is 420 g/mol. The smallest absolute Gasteiger partial charge is 0.407 e. The van der Waals surface area contributed by atoms with E-state index in [-0.39, 0.29) is 30.6 Å². The van der Waals surface area contributed by atoms with Crippen molar-refractivity contribution in [1.82, 2.24) is 5.32 Å². The van der Waals surface area contributed by atoms with Crippen LogP contribution < -0.4 is 29.3 Å². The van der Waals surface area contributed by atoms with Gasteiger partial charge >= 0.3 is 6.09 Å². The summed E-state index contributed by atoms with van der Waals surface area (Å²) in [6, 6.07) is 0. The molecule has 0 aliphatic rings. The minimum absolute atomic E-state index is 0. The molecule has 0 atom stereocenters. The molecule has 0 saturated heterocycles. The SMILES string of the molecule is COCCOCCOCCOC(=O)NCC[N+](C)(C)C.[I-]. The van der Waals surface area contributed by atoms with Crippen LogP contribution >= 0.6 is 0 Å². The van der Waals surface area contributed by atoms with Crippen molar-refractivity contribution in [3.05, 3.63) is 0 Å². The molecule has 1 amide bonds. The molecule has 8 heteroatoms. The van der Waals surface area contributed by atoms with Gasteiger partial charge in [0, 0.05) is 7.11 Å². The van der Waals surface area contributed by atoms with Crippen molar-refractivity contribution in [2.75, 3.05) is 81.0 Å². The van der Waals surface area contributed by atoms with Crippen LogP contribution in [0.4, 0.5) is 4.79 Å². The van der Waals surface area contributed by atoms with Crippen LogP contribution in [0.1, 0.15) is 0 Å². The summed E-state index contributed by atoms with van der Waals surface area (Å²) in [6.45, 7) is 4.20. The number of hydrogen-bond acceptors (Lipinski definition) is 5. The Kier molecular flexibility index (Phi) is 16.2. The van der Waals surface area contributed by atoms with Crippen LogP contribution in [0.3, 0.4) is 0 Å².